The van der Waals surface area contributed by atoms with Crippen LogP contribution in [0, 0.1) is 10.1 Å². The lowest BCUT2D eigenvalue weighted by molar-refractivity contribution is -0.386. The predicted octanol–water partition coefficient (Wildman–Crippen LogP) is 0.955. The smallest absolute Gasteiger partial charge is 0.310 e. The molecule has 7 nitrogen and oxygen atoms in total. The number of ether oxygens (including phenoxy) is 1. The van der Waals surface area contributed by atoms with Gasteiger partial charge in [-0.1, -0.05) is 12.1 Å². The van der Waals surface area contributed by atoms with E-state index in [0.717, 1.165) is 0 Å². The molecule has 2 atom stereocenters. The van der Waals surface area contributed by atoms with Gasteiger partial charge in [0, 0.05) is 12.5 Å². The van der Waals surface area contributed by atoms with Gasteiger partial charge in [0.05, 0.1) is 16.6 Å². The van der Waals surface area contributed by atoms with Crippen LogP contribution in [0.5, 0.6) is 5.75 Å². The fourth-order valence-corrected chi connectivity index (χ4v) is 1.66. The first-order valence-corrected chi connectivity index (χ1v) is 5.73. The van der Waals surface area contributed by atoms with Crippen LogP contribution in [-0.4, -0.2) is 22.5 Å². The maximum atomic E-state index is 11.1. The van der Waals surface area contributed by atoms with E-state index in [9.17, 15) is 14.9 Å². The number of carbonyl (C=O) groups excluding carboxylic acids is 1. The Bertz CT molecular complexity index is 488. The van der Waals surface area contributed by atoms with Crippen molar-refractivity contribution in [2.24, 2.45) is 11.5 Å². The molecule has 4 N–H and O–H groups in total. The summed E-state index contributed by atoms with van der Waals surface area (Å²) in [5.41, 5.74) is 9.53. The number of hydrogen-bond acceptors (Lipinski definition) is 5. The Balaban J connectivity index is 2.81. The van der Waals surface area contributed by atoms with Gasteiger partial charge in [0.15, 0.2) is 5.75 Å². The topological polar surface area (TPSA) is 121 Å². The molecule has 0 spiro atoms. The number of nitro benzene ring substituents is 1. The molecular weight excluding hydrogens is 250 g/mol. The summed E-state index contributed by atoms with van der Waals surface area (Å²) in [6, 6.07) is 6.02. The summed E-state index contributed by atoms with van der Waals surface area (Å²) in [6.07, 6.45) is -0.322. The standard InChI is InChI=1S/C12H17N3O4/c1-8(7-12(2,14)11(13)16)19-10-6-4-3-5-9(10)15(17)18/h3-6,8H,7,14H2,1-2H3,(H2,13,16). The molecule has 0 aliphatic rings. The fraction of sp³-hybridized carbons (Fsp3) is 0.417. The average Bonchev–Trinajstić information content (AvgIpc) is 2.28. The molecule has 0 saturated heterocycles. The van der Waals surface area contributed by atoms with E-state index in [1.807, 2.05) is 0 Å². The van der Waals surface area contributed by atoms with Gasteiger partial charge in [-0.25, -0.2) is 0 Å². The Hall–Kier alpha value is -2.15. The van der Waals surface area contributed by atoms with Crippen LogP contribution < -0.4 is 16.2 Å². The molecule has 1 rings (SSSR count). The highest BCUT2D eigenvalue weighted by atomic mass is 16.6. The highest BCUT2D eigenvalue weighted by molar-refractivity contribution is 5.83. The van der Waals surface area contributed by atoms with Gasteiger partial charge < -0.3 is 16.2 Å². The lowest BCUT2D eigenvalue weighted by atomic mass is 9.95. The van der Waals surface area contributed by atoms with E-state index in [2.05, 4.69) is 0 Å². The van der Waals surface area contributed by atoms with E-state index in [4.69, 9.17) is 16.2 Å². The van der Waals surface area contributed by atoms with Crippen molar-refractivity contribution < 1.29 is 14.5 Å². The van der Waals surface area contributed by atoms with Crippen molar-refractivity contribution in [1.29, 1.82) is 0 Å². The molecule has 1 amide bonds. The number of carbonyl (C=O) groups is 1. The van der Waals surface area contributed by atoms with Gasteiger partial charge in [-0.2, -0.15) is 0 Å². The summed E-state index contributed by atoms with van der Waals surface area (Å²) in [5, 5.41) is 10.8. The van der Waals surface area contributed by atoms with E-state index in [-0.39, 0.29) is 17.9 Å². The number of primary amides is 1. The number of amides is 1. The molecule has 104 valence electrons. The SMILES string of the molecule is CC(CC(C)(N)C(N)=O)Oc1ccccc1[N+](=O)[O-]. The summed E-state index contributed by atoms with van der Waals surface area (Å²) in [4.78, 5) is 21.4. The normalized spacial score (nSPS) is 15.3. The van der Waals surface area contributed by atoms with Crippen molar-refractivity contribution in [3.05, 3.63) is 34.4 Å². The molecule has 0 aliphatic carbocycles. The lowest BCUT2D eigenvalue weighted by Gasteiger charge is -2.24. The van der Waals surface area contributed by atoms with Crippen molar-refractivity contribution >= 4 is 11.6 Å². The fourth-order valence-electron chi connectivity index (χ4n) is 1.66. The van der Waals surface area contributed by atoms with Crippen LogP contribution in [0.15, 0.2) is 24.3 Å². The Morgan fingerprint density at radius 3 is 2.63 bits per heavy atom. The van der Waals surface area contributed by atoms with E-state index in [1.165, 1.54) is 19.1 Å². The Morgan fingerprint density at radius 1 is 1.53 bits per heavy atom. The van der Waals surface area contributed by atoms with Gasteiger partial charge in [0.1, 0.15) is 0 Å². The molecule has 19 heavy (non-hydrogen) atoms. The van der Waals surface area contributed by atoms with Crippen molar-refractivity contribution in [3.8, 4) is 5.75 Å². The largest absolute Gasteiger partial charge is 0.484 e. The number of hydrogen-bond donors (Lipinski definition) is 2. The summed E-state index contributed by atoms with van der Waals surface area (Å²) in [7, 11) is 0. The van der Waals surface area contributed by atoms with Gasteiger partial charge in [-0.15, -0.1) is 0 Å². The van der Waals surface area contributed by atoms with Crippen molar-refractivity contribution in [2.75, 3.05) is 0 Å². The Labute approximate surface area is 110 Å². The van der Waals surface area contributed by atoms with Crippen LogP contribution in [0.2, 0.25) is 0 Å². The molecule has 2 unspecified atom stereocenters. The minimum atomic E-state index is -1.22. The second-order valence-corrected chi connectivity index (χ2v) is 4.64. The number of nitro groups is 1. The maximum Gasteiger partial charge on any atom is 0.310 e. The molecule has 1 aromatic rings. The van der Waals surface area contributed by atoms with Crippen LogP contribution in [0.4, 0.5) is 5.69 Å². The molecule has 0 radical (unpaired) electrons. The predicted molar refractivity (Wildman–Crippen MR) is 69.6 cm³/mol. The zero-order valence-electron chi connectivity index (χ0n) is 10.8. The van der Waals surface area contributed by atoms with E-state index < -0.39 is 22.5 Å². The number of benzene rings is 1. The van der Waals surface area contributed by atoms with Crippen LogP contribution in [0.3, 0.4) is 0 Å². The summed E-state index contributed by atoms with van der Waals surface area (Å²) in [5.74, 6) is -0.509. The van der Waals surface area contributed by atoms with E-state index in [1.54, 1.807) is 19.1 Å². The van der Waals surface area contributed by atoms with Gasteiger partial charge in [-0.3, -0.25) is 14.9 Å². The third-order valence-corrected chi connectivity index (χ3v) is 2.66. The highest BCUT2D eigenvalue weighted by Crippen LogP contribution is 2.27. The first-order chi connectivity index (χ1) is 8.74. The van der Waals surface area contributed by atoms with Crippen molar-refractivity contribution in [1.82, 2.24) is 0 Å². The van der Waals surface area contributed by atoms with Gasteiger partial charge in [0.2, 0.25) is 5.91 Å². The first kappa shape index (κ1) is 14.9. The summed E-state index contributed by atoms with van der Waals surface area (Å²) >= 11 is 0. The quantitative estimate of drug-likeness (QED) is 0.587. The number of para-hydroxylation sites is 2. The van der Waals surface area contributed by atoms with Crippen molar-refractivity contribution in [2.45, 2.75) is 31.9 Å². The molecule has 1 aromatic carbocycles. The molecule has 0 saturated carbocycles. The lowest BCUT2D eigenvalue weighted by Crippen LogP contribution is -2.51. The minimum Gasteiger partial charge on any atom is -0.484 e. The zero-order chi connectivity index (χ0) is 14.6. The summed E-state index contributed by atoms with van der Waals surface area (Å²) < 4.78 is 5.46. The van der Waals surface area contributed by atoms with Crippen LogP contribution in [0.1, 0.15) is 20.3 Å². The van der Waals surface area contributed by atoms with Crippen LogP contribution in [-0.2, 0) is 4.79 Å². The van der Waals surface area contributed by atoms with Gasteiger partial charge >= 0.3 is 5.69 Å². The van der Waals surface area contributed by atoms with Gasteiger partial charge in [-0.05, 0) is 19.9 Å². The van der Waals surface area contributed by atoms with Crippen LogP contribution in [0.25, 0.3) is 0 Å². The molecule has 0 heterocycles. The number of nitrogens with zero attached hydrogens (tertiary/aromatic N) is 1. The maximum absolute atomic E-state index is 11.1. The van der Waals surface area contributed by atoms with Crippen molar-refractivity contribution in [3.63, 3.8) is 0 Å². The minimum absolute atomic E-state index is 0.132. The average molecular weight is 267 g/mol. The zero-order valence-corrected chi connectivity index (χ0v) is 10.8. The molecule has 0 aliphatic heterocycles. The van der Waals surface area contributed by atoms with E-state index >= 15 is 0 Å². The van der Waals surface area contributed by atoms with E-state index in [0.29, 0.717) is 0 Å². The Morgan fingerprint density at radius 2 is 2.11 bits per heavy atom. The Kier molecular flexibility index (Phi) is 4.44. The molecule has 0 fully saturated rings. The number of rotatable bonds is 6. The third kappa shape index (κ3) is 3.92. The van der Waals surface area contributed by atoms with Gasteiger partial charge in [0.25, 0.3) is 0 Å². The summed E-state index contributed by atoms with van der Waals surface area (Å²) in [6.45, 7) is 3.17. The van der Waals surface area contributed by atoms with Crippen LogP contribution >= 0.6 is 0 Å². The number of nitrogens with two attached hydrogens (primary N) is 2. The highest BCUT2D eigenvalue weighted by Gasteiger charge is 2.29. The third-order valence-electron chi connectivity index (χ3n) is 2.66. The molecule has 7 heteroatoms. The first-order valence-electron chi connectivity index (χ1n) is 5.73. The molecule has 0 bridgehead atoms. The molecule has 0 aromatic heterocycles. The second-order valence-electron chi connectivity index (χ2n) is 4.64. The monoisotopic (exact) mass is 267 g/mol. The molecular formula is C12H17N3O4. The second kappa shape index (κ2) is 5.66.